The first-order valence-corrected chi connectivity index (χ1v) is 10.9. The van der Waals surface area contributed by atoms with E-state index < -0.39 is 0 Å². The van der Waals surface area contributed by atoms with Crippen LogP contribution < -0.4 is 10.5 Å². The van der Waals surface area contributed by atoms with Gasteiger partial charge in [-0.25, -0.2) is 4.98 Å². The zero-order valence-electron chi connectivity index (χ0n) is 18.2. The van der Waals surface area contributed by atoms with Crippen molar-refractivity contribution in [2.75, 3.05) is 13.1 Å². The third kappa shape index (κ3) is 3.98. The third-order valence-corrected chi connectivity index (χ3v) is 5.67. The summed E-state index contributed by atoms with van der Waals surface area (Å²) in [4.78, 5) is 7.32. The van der Waals surface area contributed by atoms with Crippen LogP contribution in [0.1, 0.15) is 31.4 Å². The molecule has 3 aromatic heterocycles. The lowest BCUT2D eigenvalue weighted by molar-refractivity contribution is 0.245. The zero-order chi connectivity index (χ0) is 21.5. The molecule has 0 saturated carbocycles. The van der Waals surface area contributed by atoms with Crippen molar-refractivity contribution in [3.05, 3.63) is 53.7 Å². The molecule has 1 aliphatic heterocycles. The van der Waals surface area contributed by atoms with Gasteiger partial charge in [-0.3, -0.25) is 9.30 Å². The topological polar surface area (TPSA) is 81.6 Å². The number of hydrogen-bond acceptors (Lipinski definition) is 6. The smallest absolute Gasteiger partial charge is 0.187 e. The molecule has 0 amide bonds. The molecule has 1 aliphatic rings. The maximum Gasteiger partial charge on any atom is 0.187 e. The number of nitrogens with two attached hydrogens (primary N) is 1. The van der Waals surface area contributed by atoms with Gasteiger partial charge in [0.15, 0.2) is 11.5 Å². The molecule has 31 heavy (non-hydrogen) atoms. The van der Waals surface area contributed by atoms with Gasteiger partial charge < -0.3 is 10.5 Å². The van der Waals surface area contributed by atoms with Crippen molar-refractivity contribution in [2.24, 2.45) is 5.73 Å². The number of pyridine rings is 2. The Labute approximate surface area is 181 Å². The van der Waals surface area contributed by atoms with Gasteiger partial charge in [0.1, 0.15) is 17.0 Å². The van der Waals surface area contributed by atoms with Crippen molar-refractivity contribution in [1.82, 2.24) is 24.5 Å². The number of nitrogens with zero attached hydrogens (tertiary/aromatic N) is 5. The molecule has 1 aromatic carbocycles. The first-order chi connectivity index (χ1) is 15.0. The van der Waals surface area contributed by atoms with Gasteiger partial charge in [0.25, 0.3) is 0 Å². The van der Waals surface area contributed by atoms with E-state index in [4.69, 9.17) is 15.5 Å². The summed E-state index contributed by atoms with van der Waals surface area (Å²) in [7, 11) is 0. The van der Waals surface area contributed by atoms with E-state index >= 15 is 0 Å². The van der Waals surface area contributed by atoms with Crippen LogP contribution in [0.4, 0.5) is 0 Å². The number of likely N-dealkylation sites (tertiary alicyclic amines) is 1. The highest BCUT2D eigenvalue weighted by molar-refractivity contribution is 5.87. The molecule has 0 spiro atoms. The summed E-state index contributed by atoms with van der Waals surface area (Å²) >= 11 is 0. The number of aryl methyl sites for hydroxylation is 1. The summed E-state index contributed by atoms with van der Waals surface area (Å²) < 4.78 is 8.07. The predicted octanol–water partition coefficient (Wildman–Crippen LogP) is 3.57. The molecule has 5 rings (SSSR count). The van der Waals surface area contributed by atoms with Crippen LogP contribution in [-0.4, -0.2) is 49.7 Å². The zero-order valence-corrected chi connectivity index (χ0v) is 18.2. The minimum atomic E-state index is 0.0747. The standard InChI is InChI=1S/C24H28N6O/c1-15(2)31-21-11-16(3)10-18-5-6-20(26-23(18)21)24-28-27-22-7-4-17(13-30(22)24)12-29-9-8-19(25)14-29/h4-7,10-11,13,15,19H,8-9,12,14,25H2,1-3H3. The summed E-state index contributed by atoms with van der Waals surface area (Å²) in [5.41, 5.74) is 10.9. The van der Waals surface area contributed by atoms with Crippen LogP contribution in [0.15, 0.2) is 42.6 Å². The third-order valence-electron chi connectivity index (χ3n) is 5.67. The van der Waals surface area contributed by atoms with Crippen LogP contribution >= 0.6 is 0 Å². The van der Waals surface area contributed by atoms with Gasteiger partial charge in [0, 0.05) is 37.3 Å². The number of rotatable bonds is 5. The van der Waals surface area contributed by atoms with Crippen LogP contribution in [0.3, 0.4) is 0 Å². The lowest BCUT2D eigenvalue weighted by Gasteiger charge is -2.15. The molecule has 1 atom stereocenters. The molecule has 7 heteroatoms. The molecule has 4 heterocycles. The predicted molar refractivity (Wildman–Crippen MR) is 122 cm³/mol. The number of aromatic nitrogens is 4. The van der Waals surface area contributed by atoms with Crippen LogP contribution in [0, 0.1) is 6.92 Å². The van der Waals surface area contributed by atoms with E-state index in [0.29, 0.717) is 0 Å². The Kier molecular flexibility index (Phi) is 5.08. The molecular weight excluding hydrogens is 388 g/mol. The fraction of sp³-hybridized carbons (Fsp3) is 0.375. The lowest BCUT2D eigenvalue weighted by atomic mass is 10.1. The summed E-state index contributed by atoms with van der Waals surface area (Å²) in [5, 5.41) is 9.85. The van der Waals surface area contributed by atoms with Gasteiger partial charge in [-0.15, -0.1) is 10.2 Å². The van der Waals surface area contributed by atoms with E-state index in [0.717, 1.165) is 65.4 Å². The molecule has 0 aliphatic carbocycles. The molecule has 1 saturated heterocycles. The maximum atomic E-state index is 6.06. The fourth-order valence-corrected chi connectivity index (χ4v) is 4.28. The van der Waals surface area contributed by atoms with Crippen molar-refractivity contribution in [1.29, 1.82) is 0 Å². The monoisotopic (exact) mass is 416 g/mol. The van der Waals surface area contributed by atoms with Gasteiger partial charge in [0.2, 0.25) is 0 Å². The molecule has 160 valence electrons. The van der Waals surface area contributed by atoms with E-state index in [9.17, 15) is 0 Å². The second-order valence-electron chi connectivity index (χ2n) is 8.77. The summed E-state index contributed by atoms with van der Waals surface area (Å²) in [5.74, 6) is 1.53. The highest BCUT2D eigenvalue weighted by Crippen LogP contribution is 2.29. The first kappa shape index (κ1) is 19.9. The molecular formula is C24H28N6O. The summed E-state index contributed by atoms with van der Waals surface area (Å²) in [6.45, 7) is 8.98. The van der Waals surface area contributed by atoms with Gasteiger partial charge in [-0.05, 0) is 62.6 Å². The van der Waals surface area contributed by atoms with E-state index in [1.807, 2.05) is 36.4 Å². The van der Waals surface area contributed by atoms with E-state index in [1.165, 1.54) is 5.56 Å². The highest BCUT2D eigenvalue weighted by atomic mass is 16.5. The fourth-order valence-electron chi connectivity index (χ4n) is 4.28. The number of ether oxygens (including phenoxy) is 1. The van der Waals surface area contributed by atoms with Crippen molar-refractivity contribution < 1.29 is 4.74 Å². The average Bonchev–Trinajstić information content (AvgIpc) is 3.33. The molecule has 7 nitrogen and oxygen atoms in total. The Bertz CT molecular complexity index is 1250. The van der Waals surface area contributed by atoms with Gasteiger partial charge in [-0.2, -0.15) is 0 Å². The second kappa shape index (κ2) is 7.90. The maximum absolute atomic E-state index is 6.06. The molecule has 0 radical (unpaired) electrons. The molecule has 0 bridgehead atoms. The Hall–Kier alpha value is -3.03. The molecule has 2 N–H and O–H groups in total. The highest BCUT2D eigenvalue weighted by Gasteiger charge is 2.19. The molecule has 4 aromatic rings. The largest absolute Gasteiger partial charge is 0.489 e. The van der Waals surface area contributed by atoms with Gasteiger partial charge >= 0.3 is 0 Å². The SMILES string of the molecule is Cc1cc(OC(C)C)c2nc(-c3nnc4ccc(CN5CCC(N)C5)cn34)ccc2c1. The van der Waals surface area contributed by atoms with E-state index in [1.54, 1.807) is 0 Å². The van der Waals surface area contributed by atoms with Gasteiger partial charge in [0.05, 0.1) is 6.10 Å². The van der Waals surface area contributed by atoms with Crippen LogP contribution in [-0.2, 0) is 6.54 Å². The van der Waals surface area contributed by atoms with Crippen molar-refractivity contribution in [3.63, 3.8) is 0 Å². The van der Waals surface area contributed by atoms with Crippen molar-refractivity contribution in [3.8, 4) is 17.3 Å². The number of fused-ring (bicyclic) bond motifs is 2. The Morgan fingerprint density at radius 2 is 2.03 bits per heavy atom. The molecule has 1 fully saturated rings. The number of benzene rings is 1. The quantitative estimate of drug-likeness (QED) is 0.536. The Balaban J connectivity index is 1.55. The van der Waals surface area contributed by atoms with Crippen LogP contribution in [0.2, 0.25) is 0 Å². The number of hydrogen-bond donors (Lipinski definition) is 1. The van der Waals surface area contributed by atoms with E-state index in [-0.39, 0.29) is 12.1 Å². The normalized spacial score (nSPS) is 17.3. The van der Waals surface area contributed by atoms with Crippen molar-refractivity contribution in [2.45, 2.75) is 45.9 Å². The van der Waals surface area contributed by atoms with Crippen LogP contribution in [0.25, 0.3) is 28.1 Å². The molecule has 1 unspecified atom stereocenters. The summed E-state index contributed by atoms with van der Waals surface area (Å²) in [6, 6.07) is 12.7. The minimum absolute atomic E-state index is 0.0747. The van der Waals surface area contributed by atoms with Gasteiger partial charge in [-0.1, -0.05) is 12.1 Å². The minimum Gasteiger partial charge on any atom is -0.489 e. The van der Waals surface area contributed by atoms with Crippen molar-refractivity contribution >= 4 is 16.6 Å². The van der Waals surface area contributed by atoms with Crippen LogP contribution in [0.5, 0.6) is 5.75 Å². The second-order valence-corrected chi connectivity index (χ2v) is 8.77. The Morgan fingerprint density at radius 1 is 1.16 bits per heavy atom. The average molecular weight is 417 g/mol. The summed E-state index contributed by atoms with van der Waals surface area (Å²) in [6.07, 6.45) is 3.24. The Morgan fingerprint density at radius 3 is 2.81 bits per heavy atom. The first-order valence-electron chi connectivity index (χ1n) is 10.9. The lowest BCUT2D eigenvalue weighted by Crippen LogP contribution is -2.26. The van der Waals surface area contributed by atoms with E-state index in [2.05, 4.69) is 46.4 Å².